The summed E-state index contributed by atoms with van der Waals surface area (Å²) in [6.45, 7) is 3.90. The molecule has 3 heterocycles. The molecule has 32 heavy (non-hydrogen) atoms. The number of hydrogen-bond donors (Lipinski definition) is 1. The fourth-order valence-electron chi connectivity index (χ4n) is 3.38. The molecule has 0 bridgehead atoms. The summed E-state index contributed by atoms with van der Waals surface area (Å²) in [5, 5.41) is 20.1. The molecule has 0 saturated carbocycles. The number of aromatic nitrogens is 3. The van der Waals surface area contributed by atoms with Gasteiger partial charge < -0.3 is 9.73 Å². The molecular weight excluding hydrogens is 425 g/mol. The number of rotatable bonds is 5. The first-order valence-corrected chi connectivity index (χ1v) is 9.37. The van der Waals surface area contributed by atoms with Gasteiger partial charge in [-0.15, -0.1) is 16.8 Å². The molecule has 1 aliphatic heterocycles. The van der Waals surface area contributed by atoms with E-state index >= 15 is 0 Å². The molecular formula is C21H15F3N6O2. The normalized spacial score (nSPS) is 18.4. The summed E-state index contributed by atoms with van der Waals surface area (Å²) in [6.07, 6.45) is 0.498. The fraction of sp³-hybridized carbons (Fsp3) is 0.190. The van der Waals surface area contributed by atoms with Crippen molar-refractivity contribution in [2.24, 2.45) is 0 Å². The van der Waals surface area contributed by atoms with Crippen LogP contribution in [0.1, 0.15) is 17.9 Å². The van der Waals surface area contributed by atoms with Crippen LogP contribution < -0.4 is 5.32 Å². The molecule has 0 spiro atoms. The highest BCUT2D eigenvalue weighted by atomic mass is 19.4. The van der Waals surface area contributed by atoms with Crippen LogP contribution in [0.15, 0.2) is 59.7 Å². The molecule has 1 atom stereocenters. The lowest BCUT2D eigenvalue weighted by Crippen LogP contribution is -2.34. The summed E-state index contributed by atoms with van der Waals surface area (Å²) in [5.41, 5.74) is -1.03. The highest BCUT2D eigenvalue weighted by molar-refractivity contribution is 5.92. The molecule has 0 unspecified atom stereocenters. The highest BCUT2D eigenvalue weighted by Crippen LogP contribution is 2.38. The second-order valence-electron chi connectivity index (χ2n) is 6.99. The van der Waals surface area contributed by atoms with Crippen LogP contribution in [0.5, 0.6) is 0 Å². The maximum Gasteiger partial charge on any atom is 0.416 e. The maximum atomic E-state index is 12.8. The van der Waals surface area contributed by atoms with E-state index in [0.717, 1.165) is 17.0 Å². The number of pyridine rings is 1. The van der Waals surface area contributed by atoms with Crippen molar-refractivity contribution in [3.63, 3.8) is 0 Å². The molecule has 1 aliphatic rings. The van der Waals surface area contributed by atoms with Crippen molar-refractivity contribution in [1.29, 1.82) is 5.26 Å². The number of hydrogen-bond acceptors (Lipinski definition) is 7. The van der Waals surface area contributed by atoms with Crippen molar-refractivity contribution < 1.29 is 22.4 Å². The van der Waals surface area contributed by atoms with Crippen LogP contribution in [0.3, 0.4) is 0 Å². The summed E-state index contributed by atoms with van der Waals surface area (Å²) < 4.78 is 44.1. The van der Waals surface area contributed by atoms with E-state index in [1.165, 1.54) is 24.4 Å². The quantitative estimate of drug-likeness (QED) is 0.471. The number of nitrogens with one attached hydrogen (secondary N) is 1. The van der Waals surface area contributed by atoms with Gasteiger partial charge in [-0.25, -0.2) is 9.88 Å². The number of anilines is 2. The maximum absolute atomic E-state index is 12.8. The predicted octanol–water partition coefficient (Wildman–Crippen LogP) is 4.03. The van der Waals surface area contributed by atoms with Gasteiger partial charge in [0.1, 0.15) is 5.41 Å². The standard InChI is InChI=1S/C21H15F3N6O2/c1-2-20(9-11-30(12-25)19(20)31)18-29-28-17(32-18)16-15(4-3-10-26-16)27-14-7-5-13(6-8-14)21(22,23)24/h2-8,10,27H,1,9,11H2/t20-/m1/s1. The number of halogens is 3. The molecule has 4 rings (SSSR count). The minimum Gasteiger partial charge on any atom is -0.418 e. The minimum absolute atomic E-state index is 0.000515. The van der Waals surface area contributed by atoms with Crippen LogP contribution in [0.2, 0.25) is 0 Å². The third kappa shape index (κ3) is 3.56. The molecule has 2 aromatic heterocycles. The first-order chi connectivity index (χ1) is 15.3. The summed E-state index contributed by atoms with van der Waals surface area (Å²) in [6, 6.07) is 7.78. The molecule has 1 fully saturated rings. The third-order valence-corrected chi connectivity index (χ3v) is 5.13. The van der Waals surface area contributed by atoms with E-state index < -0.39 is 23.1 Å². The number of amides is 1. The number of nitrogens with zero attached hydrogens (tertiary/aromatic N) is 5. The fourth-order valence-corrected chi connectivity index (χ4v) is 3.38. The number of carbonyl (C=O) groups excluding carboxylic acids is 1. The number of likely N-dealkylation sites (tertiary alicyclic amines) is 1. The lowest BCUT2D eigenvalue weighted by Gasteiger charge is -2.17. The van der Waals surface area contributed by atoms with Crippen LogP contribution in [-0.2, 0) is 16.4 Å². The Morgan fingerprint density at radius 3 is 2.62 bits per heavy atom. The van der Waals surface area contributed by atoms with Crippen molar-refractivity contribution in [2.45, 2.75) is 18.0 Å². The molecule has 1 aromatic carbocycles. The molecule has 1 N–H and O–H groups in total. The largest absolute Gasteiger partial charge is 0.418 e. The van der Waals surface area contributed by atoms with E-state index in [0.29, 0.717) is 11.4 Å². The van der Waals surface area contributed by atoms with E-state index in [9.17, 15) is 18.0 Å². The topological polar surface area (TPSA) is 108 Å². The summed E-state index contributed by atoms with van der Waals surface area (Å²) in [7, 11) is 0. The van der Waals surface area contributed by atoms with Crippen LogP contribution >= 0.6 is 0 Å². The summed E-state index contributed by atoms with van der Waals surface area (Å²) in [4.78, 5) is 17.9. The Morgan fingerprint density at radius 1 is 1.25 bits per heavy atom. The lowest BCUT2D eigenvalue weighted by molar-refractivity contribution is -0.137. The van der Waals surface area contributed by atoms with Gasteiger partial charge in [0.25, 0.3) is 11.8 Å². The Morgan fingerprint density at radius 2 is 2.00 bits per heavy atom. The van der Waals surface area contributed by atoms with E-state index in [1.54, 1.807) is 12.1 Å². The Hall–Kier alpha value is -4.20. The van der Waals surface area contributed by atoms with Crippen molar-refractivity contribution in [3.05, 3.63) is 66.7 Å². The Balaban J connectivity index is 1.64. The first kappa shape index (κ1) is 21.0. The second kappa shape index (κ2) is 7.81. The van der Waals surface area contributed by atoms with Crippen LogP contribution in [0, 0.1) is 11.5 Å². The number of alkyl halides is 3. The van der Waals surface area contributed by atoms with Gasteiger partial charge in [0.2, 0.25) is 5.89 Å². The molecule has 3 aromatic rings. The monoisotopic (exact) mass is 440 g/mol. The Kier molecular flexibility index (Phi) is 5.14. The minimum atomic E-state index is -4.43. The number of carbonyl (C=O) groups is 1. The molecule has 0 radical (unpaired) electrons. The smallest absolute Gasteiger partial charge is 0.416 e. The van der Waals surface area contributed by atoms with Crippen LogP contribution in [0.25, 0.3) is 11.6 Å². The van der Waals surface area contributed by atoms with Crippen LogP contribution in [0.4, 0.5) is 24.5 Å². The van der Waals surface area contributed by atoms with Crippen molar-refractivity contribution in [2.75, 3.05) is 11.9 Å². The predicted molar refractivity (Wildman–Crippen MR) is 106 cm³/mol. The second-order valence-corrected chi connectivity index (χ2v) is 6.99. The molecule has 0 aliphatic carbocycles. The number of nitriles is 1. The van der Waals surface area contributed by atoms with E-state index in [2.05, 4.69) is 27.1 Å². The lowest BCUT2D eigenvalue weighted by atomic mass is 9.86. The SMILES string of the molecule is C=C[C@]1(c2nnc(-c3ncccc3Nc3ccc(C(F)(F)F)cc3)o2)CCN(C#N)C1=O. The Labute approximate surface area is 180 Å². The van der Waals surface area contributed by atoms with Gasteiger partial charge in [0.15, 0.2) is 11.9 Å². The van der Waals surface area contributed by atoms with Crippen molar-refractivity contribution >= 4 is 17.3 Å². The van der Waals surface area contributed by atoms with E-state index in [-0.39, 0.29) is 30.4 Å². The van der Waals surface area contributed by atoms with Gasteiger partial charge in [-0.2, -0.15) is 18.4 Å². The highest BCUT2D eigenvalue weighted by Gasteiger charge is 2.50. The van der Waals surface area contributed by atoms with Gasteiger partial charge in [-0.1, -0.05) is 6.08 Å². The molecule has 162 valence electrons. The van der Waals surface area contributed by atoms with Gasteiger partial charge in [0, 0.05) is 18.4 Å². The third-order valence-electron chi connectivity index (χ3n) is 5.13. The molecule has 8 nitrogen and oxygen atoms in total. The van der Waals surface area contributed by atoms with E-state index in [4.69, 9.17) is 9.68 Å². The summed E-state index contributed by atoms with van der Waals surface area (Å²) >= 11 is 0. The van der Waals surface area contributed by atoms with Gasteiger partial charge in [-0.3, -0.25) is 4.79 Å². The van der Waals surface area contributed by atoms with E-state index in [1.807, 2.05) is 6.19 Å². The zero-order valence-corrected chi connectivity index (χ0v) is 16.4. The van der Waals surface area contributed by atoms with Crippen LogP contribution in [-0.4, -0.2) is 32.5 Å². The zero-order chi connectivity index (χ0) is 22.9. The molecule has 1 saturated heterocycles. The van der Waals surface area contributed by atoms with Gasteiger partial charge >= 0.3 is 6.18 Å². The molecule has 11 heteroatoms. The number of benzene rings is 1. The van der Waals surface area contributed by atoms with Crippen molar-refractivity contribution in [1.82, 2.24) is 20.1 Å². The summed E-state index contributed by atoms with van der Waals surface area (Å²) in [5.74, 6) is -0.523. The van der Waals surface area contributed by atoms with Crippen molar-refractivity contribution in [3.8, 4) is 17.8 Å². The van der Waals surface area contributed by atoms with Gasteiger partial charge in [-0.05, 0) is 42.8 Å². The van der Waals surface area contributed by atoms with Gasteiger partial charge in [0.05, 0.1) is 11.3 Å². The first-order valence-electron chi connectivity index (χ1n) is 9.37. The Bertz CT molecular complexity index is 1220. The average Bonchev–Trinajstić information content (AvgIpc) is 3.39. The average molecular weight is 440 g/mol. The zero-order valence-electron chi connectivity index (χ0n) is 16.4. The molecule has 1 amide bonds.